The zero-order valence-corrected chi connectivity index (χ0v) is 18.2. The van der Waals surface area contributed by atoms with Crippen molar-refractivity contribution in [2.75, 3.05) is 46.4 Å². The summed E-state index contributed by atoms with van der Waals surface area (Å²) < 4.78 is 10.2. The molecule has 2 saturated heterocycles. The summed E-state index contributed by atoms with van der Waals surface area (Å²) in [7, 11) is 1.39. The summed E-state index contributed by atoms with van der Waals surface area (Å²) in [6.07, 6.45) is 0.840. The zero-order chi connectivity index (χ0) is 22.9. The SMILES string of the molecule is CN(CC(=O)C(Cc1ccccc1)NC(=O)N1CCOCC1)C(=O)OC(=O)[C@@H]1CCCN1. The summed E-state index contributed by atoms with van der Waals surface area (Å²) in [5.74, 6) is -1.00. The monoisotopic (exact) mass is 446 g/mol. The Morgan fingerprint density at radius 2 is 1.94 bits per heavy atom. The summed E-state index contributed by atoms with van der Waals surface area (Å²) in [5.41, 5.74) is 0.876. The predicted octanol–water partition coefficient (Wildman–Crippen LogP) is 0.556. The van der Waals surface area contributed by atoms with E-state index in [9.17, 15) is 19.2 Å². The highest BCUT2D eigenvalue weighted by Gasteiger charge is 2.30. The standard InChI is InChI=1S/C22H30N4O6/c1-25(22(30)32-20(28)17-8-5-9-23-17)15-19(27)18(14-16-6-3-2-4-7-16)24-21(29)26-10-12-31-13-11-26/h2-4,6-7,17-18,23H,5,8-15H2,1H3,(H,24,29)/t17-,18?/m0/s1. The average Bonchev–Trinajstić information content (AvgIpc) is 3.35. The van der Waals surface area contributed by atoms with Crippen molar-refractivity contribution in [1.82, 2.24) is 20.4 Å². The van der Waals surface area contributed by atoms with E-state index < -0.39 is 24.1 Å². The molecule has 2 aliphatic rings. The normalized spacial score (nSPS) is 19.2. The summed E-state index contributed by atoms with van der Waals surface area (Å²) in [6, 6.07) is 7.62. The molecule has 32 heavy (non-hydrogen) atoms. The number of ketones is 1. The molecule has 174 valence electrons. The zero-order valence-electron chi connectivity index (χ0n) is 18.2. The van der Waals surface area contributed by atoms with Crippen LogP contribution in [-0.4, -0.2) is 92.2 Å². The minimum atomic E-state index is -0.894. The maximum Gasteiger partial charge on any atom is 0.417 e. The van der Waals surface area contributed by atoms with E-state index in [0.29, 0.717) is 39.3 Å². The molecule has 0 aromatic heterocycles. The van der Waals surface area contributed by atoms with E-state index in [0.717, 1.165) is 16.9 Å². The molecule has 2 aliphatic heterocycles. The molecule has 1 aromatic carbocycles. The van der Waals surface area contributed by atoms with Gasteiger partial charge in [0, 0.05) is 20.1 Å². The lowest BCUT2D eigenvalue weighted by atomic mass is 10.0. The number of benzene rings is 1. The number of amides is 3. The number of Topliss-reactive ketones (excluding diaryl/α,β-unsaturated/α-hetero) is 1. The Bertz CT molecular complexity index is 806. The average molecular weight is 447 g/mol. The van der Waals surface area contributed by atoms with E-state index in [-0.39, 0.29) is 24.8 Å². The van der Waals surface area contributed by atoms with Gasteiger partial charge in [-0.2, -0.15) is 0 Å². The lowest BCUT2D eigenvalue weighted by molar-refractivity contribution is -0.140. The number of nitrogens with zero attached hydrogens (tertiary/aromatic N) is 2. The van der Waals surface area contributed by atoms with E-state index in [1.807, 2.05) is 30.3 Å². The van der Waals surface area contributed by atoms with Crippen molar-refractivity contribution < 1.29 is 28.7 Å². The highest BCUT2D eigenvalue weighted by atomic mass is 16.6. The van der Waals surface area contributed by atoms with E-state index in [2.05, 4.69) is 10.6 Å². The minimum absolute atomic E-state index is 0.281. The molecule has 1 aromatic rings. The number of morpholine rings is 1. The molecule has 0 aliphatic carbocycles. The van der Waals surface area contributed by atoms with Crippen LogP contribution in [0.15, 0.2) is 30.3 Å². The molecule has 0 saturated carbocycles. The highest BCUT2D eigenvalue weighted by molar-refractivity contribution is 5.93. The number of carbonyl (C=O) groups excluding carboxylic acids is 4. The number of carbonyl (C=O) groups is 4. The Labute approximate surface area is 187 Å². The third-order valence-electron chi connectivity index (χ3n) is 5.50. The van der Waals surface area contributed by atoms with Gasteiger partial charge in [-0.05, 0) is 31.4 Å². The van der Waals surface area contributed by atoms with Gasteiger partial charge in [0.2, 0.25) is 0 Å². The third kappa shape index (κ3) is 6.76. The molecule has 10 nitrogen and oxygen atoms in total. The first kappa shape index (κ1) is 23.7. The van der Waals surface area contributed by atoms with Crippen LogP contribution in [0.1, 0.15) is 18.4 Å². The fourth-order valence-corrected chi connectivity index (χ4v) is 3.63. The van der Waals surface area contributed by atoms with Crippen LogP contribution in [0.5, 0.6) is 0 Å². The molecular formula is C22H30N4O6. The van der Waals surface area contributed by atoms with E-state index in [1.165, 1.54) is 7.05 Å². The molecule has 3 amide bonds. The molecule has 0 spiro atoms. The van der Waals surface area contributed by atoms with Gasteiger partial charge in [0.25, 0.3) is 0 Å². The van der Waals surface area contributed by atoms with Crippen LogP contribution >= 0.6 is 0 Å². The second-order valence-corrected chi connectivity index (χ2v) is 7.95. The van der Waals surface area contributed by atoms with Gasteiger partial charge in [-0.1, -0.05) is 30.3 Å². The van der Waals surface area contributed by atoms with Crippen LogP contribution < -0.4 is 10.6 Å². The molecule has 10 heteroatoms. The smallest absolute Gasteiger partial charge is 0.378 e. The van der Waals surface area contributed by atoms with Crippen molar-refractivity contribution in [3.63, 3.8) is 0 Å². The Morgan fingerprint density at radius 3 is 2.59 bits per heavy atom. The lowest BCUT2D eigenvalue weighted by Crippen LogP contribution is -2.53. The number of nitrogens with one attached hydrogen (secondary N) is 2. The maximum atomic E-state index is 13.0. The van der Waals surface area contributed by atoms with Crippen LogP contribution in [0.2, 0.25) is 0 Å². The molecule has 0 bridgehead atoms. The van der Waals surface area contributed by atoms with Gasteiger partial charge in [0.1, 0.15) is 6.04 Å². The first-order valence-corrected chi connectivity index (χ1v) is 10.8. The fraction of sp³-hybridized carbons (Fsp3) is 0.545. The van der Waals surface area contributed by atoms with E-state index in [1.54, 1.807) is 4.90 Å². The molecule has 2 heterocycles. The molecule has 2 N–H and O–H groups in total. The number of hydrogen-bond donors (Lipinski definition) is 2. The number of hydrogen-bond acceptors (Lipinski definition) is 7. The summed E-state index contributed by atoms with van der Waals surface area (Å²) in [5, 5.41) is 5.76. The van der Waals surface area contributed by atoms with Crippen LogP contribution in [0.4, 0.5) is 9.59 Å². The van der Waals surface area contributed by atoms with Crippen molar-refractivity contribution in [2.24, 2.45) is 0 Å². The quantitative estimate of drug-likeness (QED) is 0.464. The van der Waals surface area contributed by atoms with Crippen LogP contribution in [0, 0.1) is 0 Å². The second-order valence-electron chi connectivity index (χ2n) is 7.95. The van der Waals surface area contributed by atoms with Crippen LogP contribution in [-0.2, 0) is 25.5 Å². The predicted molar refractivity (Wildman–Crippen MR) is 115 cm³/mol. The Morgan fingerprint density at radius 1 is 1.22 bits per heavy atom. The molecule has 3 rings (SSSR count). The van der Waals surface area contributed by atoms with E-state index >= 15 is 0 Å². The molecule has 2 atom stereocenters. The first-order valence-electron chi connectivity index (χ1n) is 10.8. The van der Waals surface area contributed by atoms with Gasteiger partial charge in [-0.15, -0.1) is 0 Å². The lowest BCUT2D eigenvalue weighted by Gasteiger charge is -2.29. The Balaban J connectivity index is 1.60. The van der Waals surface area contributed by atoms with E-state index in [4.69, 9.17) is 9.47 Å². The van der Waals surface area contributed by atoms with Crippen molar-refractivity contribution in [3.8, 4) is 0 Å². The van der Waals surface area contributed by atoms with Gasteiger partial charge in [-0.3, -0.25) is 4.79 Å². The largest absolute Gasteiger partial charge is 0.417 e. The summed E-state index contributed by atoms with van der Waals surface area (Å²) in [4.78, 5) is 52.7. The van der Waals surface area contributed by atoms with Crippen molar-refractivity contribution in [2.45, 2.75) is 31.3 Å². The number of esters is 1. The third-order valence-corrected chi connectivity index (χ3v) is 5.50. The van der Waals surface area contributed by atoms with Gasteiger partial charge < -0.3 is 29.9 Å². The van der Waals surface area contributed by atoms with Crippen molar-refractivity contribution >= 4 is 23.9 Å². The number of urea groups is 1. The van der Waals surface area contributed by atoms with Gasteiger partial charge in [0.15, 0.2) is 5.78 Å². The highest BCUT2D eigenvalue weighted by Crippen LogP contribution is 2.09. The van der Waals surface area contributed by atoms with Crippen molar-refractivity contribution in [3.05, 3.63) is 35.9 Å². The number of ether oxygens (including phenoxy) is 2. The van der Waals surface area contributed by atoms with Crippen LogP contribution in [0.3, 0.4) is 0 Å². The molecular weight excluding hydrogens is 416 g/mol. The Kier molecular flexibility index (Phi) is 8.57. The molecule has 0 radical (unpaired) electrons. The van der Waals surface area contributed by atoms with Gasteiger partial charge >= 0.3 is 18.1 Å². The maximum absolute atomic E-state index is 13.0. The van der Waals surface area contributed by atoms with Crippen molar-refractivity contribution in [1.29, 1.82) is 0 Å². The second kappa shape index (κ2) is 11.6. The van der Waals surface area contributed by atoms with Gasteiger partial charge in [-0.25, -0.2) is 14.4 Å². The fourth-order valence-electron chi connectivity index (χ4n) is 3.63. The minimum Gasteiger partial charge on any atom is -0.378 e. The first-order chi connectivity index (χ1) is 15.4. The number of rotatable bonds is 7. The van der Waals surface area contributed by atoms with Crippen LogP contribution in [0.25, 0.3) is 0 Å². The Hall–Kier alpha value is -2.98. The molecule has 2 fully saturated rings. The molecule has 1 unspecified atom stereocenters. The number of likely N-dealkylation sites (N-methyl/N-ethyl adjacent to an activating group) is 1. The summed E-state index contributed by atoms with van der Waals surface area (Å²) in [6.45, 7) is 2.19. The topological polar surface area (TPSA) is 117 Å². The van der Waals surface area contributed by atoms with Gasteiger partial charge in [0.05, 0.1) is 25.8 Å². The summed E-state index contributed by atoms with van der Waals surface area (Å²) >= 11 is 0.